The minimum absolute atomic E-state index is 0.00762. The number of aldehydes is 1. The van der Waals surface area contributed by atoms with Crippen molar-refractivity contribution in [1.82, 2.24) is 0 Å². The van der Waals surface area contributed by atoms with Gasteiger partial charge in [-0.05, 0) is 49.4 Å². The molecule has 3 aliphatic rings. The van der Waals surface area contributed by atoms with Crippen molar-refractivity contribution < 1.29 is 23.9 Å². The van der Waals surface area contributed by atoms with Gasteiger partial charge in [-0.1, -0.05) is 13.8 Å². The zero-order chi connectivity index (χ0) is 16.3. The smallest absolute Gasteiger partial charge is 0.323 e. The lowest BCUT2D eigenvalue weighted by molar-refractivity contribution is -0.172. The molecule has 0 aromatic carbocycles. The SMILES string of the molecule is CCOC(=O)C1(C(=O)OCC)CC2C(C)(C)C3C(C=O)C23C1. The fourth-order valence-corrected chi connectivity index (χ4v) is 5.79. The highest BCUT2D eigenvalue weighted by Crippen LogP contribution is 2.89. The first-order valence-corrected chi connectivity index (χ1v) is 8.12. The number of ether oxygens (including phenoxy) is 2. The minimum atomic E-state index is -1.22. The van der Waals surface area contributed by atoms with Crippen molar-refractivity contribution in [3.05, 3.63) is 0 Å². The molecule has 0 aromatic heterocycles. The molecule has 122 valence electrons. The first kappa shape index (κ1) is 15.5. The van der Waals surface area contributed by atoms with Gasteiger partial charge in [-0.15, -0.1) is 0 Å². The van der Waals surface area contributed by atoms with Crippen LogP contribution in [0.2, 0.25) is 0 Å². The third kappa shape index (κ3) is 1.52. The van der Waals surface area contributed by atoms with Crippen LogP contribution >= 0.6 is 0 Å². The molecule has 0 N–H and O–H groups in total. The van der Waals surface area contributed by atoms with Gasteiger partial charge in [0.25, 0.3) is 0 Å². The largest absolute Gasteiger partial charge is 0.465 e. The molecule has 3 rings (SSSR count). The molecule has 0 saturated heterocycles. The number of rotatable bonds is 5. The summed E-state index contributed by atoms with van der Waals surface area (Å²) < 4.78 is 10.4. The average Bonchev–Trinajstić information content (AvgIpc) is 2.92. The Morgan fingerprint density at radius 1 is 1.14 bits per heavy atom. The van der Waals surface area contributed by atoms with E-state index >= 15 is 0 Å². The van der Waals surface area contributed by atoms with E-state index in [9.17, 15) is 14.4 Å². The maximum absolute atomic E-state index is 12.6. The molecule has 3 fully saturated rings. The molecular formula is C17H24O5. The van der Waals surface area contributed by atoms with Crippen molar-refractivity contribution >= 4 is 18.2 Å². The number of carbonyl (C=O) groups is 3. The predicted molar refractivity (Wildman–Crippen MR) is 77.7 cm³/mol. The molecule has 3 saturated carbocycles. The number of carbonyl (C=O) groups excluding carboxylic acids is 3. The normalized spacial score (nSPS) is 39.0. The summed E-state index contributed by atoms with van der Waals surface area (Å²) in [7, 11) is 0. The van der Waals surface area contributed by atoms with Crippen LogP contribution in [0.5, 0.6) is 0 Å². The molecule has 1 spiro atoms. The molecule has 3 aliphatic carbocycles. The van der Waals surface area contributed by atoms with Crippen molar-refractivity contribution in [3.8, 4) is 0 Å². The Balaban J connectivity index is 1.96. The Bertz CT molecular complexity index is 519. The Hall–Kier alpha value is -1.39. The van der Waals surface area contributed by atoms with Gasteiger partial charge >= 0.3 is 11.9 Å². The number of esters is 2. The summed E-state index contributed by atoms with van der Waals surface area (Å²) in [5.74, 6) is -0.507. The summed E-state index contributed by atoms with van der Waals surface area (Å²) in [6.07, 6.45) is 1.86. The lowest BCUT2D eigenvalue weighted by Gasteiger charge is -2.47. The molecule has 5 heteroatoms. The molecule has 4 atom stereocenters. The molecule has 0 amide bonds. The van der Waals surface area contributed by atoms with Crippen molar-refractivity contribution in [2.75, 3.05) is 13.2 Å². The summed E-state index contributed by atoms with van der Waals surface area (Å²) >= 11 is 0. The molecule has 0 aliphatic heterocycles. The van der Waals surface area contributed by atoms with Crippen LogP contribution in [-0.2, 0) is 23.9 Å². The second-order valence-electron chi connectivity index (χ2n) is 7.53. The van der Waals surface area contributed by atoms with E-state index < -0.39 is 17.4 Å². The van der Waals surface area contributed by atoms with Crippen LogP contribution in [0.15, 0.2) is 0 Å². The van der Waals surface area contributed by atoms with Crippen LogP contribution in [0.3, 0.4) is 0 Å². The Kier molecular flexibility index (Phi) is 3.21. The van der Waals surface area contributed by atoms with E-state index in [1.807, 2.05) is 0 Å². The van der Waals surface area contributed by atoms with Gasteiger partial charge in [0.05, 0.1) is 13.2 Å². The molecule has 0 radical (unpaired) electrons. The third-order valence-corrected chi connectivity index (χ3v) is 6.44. The molecule has 0 heterocycles. The standard InChI is InChI=1S/C17H24O5/c1-5-21-13(19)16(14(20)22-6-2)7-11-15(3,4)12-10(8-18)17(11,12)9-16/h8,10-12H,5-7,9H2,1-4H3. The Labute approximate surface area is 130 Å². The highest BCUT2D eigenvalue weighted by atomic mass is 16.6. The maximum atomic E-state index is 12.6. The first-order chi connectivity index (χ1) is 10.3. The second kappa shape index (κ2) is 4.56. The van der Waals surface area contributed by atoms with Gasteiger partial charge in [-0.3, -0.25) is 9.59 Å². The molecule has 0 aromatic rings. The van der Waals surface area contributed by atoms with Crippen molar-refractivity contribution in [3.63, 3.8) is 0 Å². The van der Waals surface area contributed by atoms with Crippen LogP contribution in [0.4, 0.5) is 0 Å². The molecule has 0 bridgehead atoms. The zero-order valence-corrected chi connectivity index (χ0v) is 13.7. The van der Waals surface area contributed by atoms with Gasteiger partial charge in [0.1, 0.15) is 6.29 Å². The van der Waals surface area contributed by atoms with Crippen LogP contribution < -0.4 is 0 Å². The van der Waals surface area contributed by atoms with Gasteiger partial charge in [0.15, 0.2) is 5.41 Å². The highest BCUT2D eigenvalue weighted by molar-refractivity contribution is 6.01. The van der Waals surface area contributed by atoms with E-state index in [4.69, 9.17) is 9.47 Å². The van der Waals surface area contributed by atoms with E-state index in [0.29, 0.717) is 12.8 Å². The summed E-state index contributed by atoms with van der Waals surface area (Å²) in [6, 6.07) is 0. The number of hydrogen-bond acceptors (Lipinski definition) is 5. The Morgan fingerprint density at radius 2 is 1.68 bits per heavy atom. The topological polar surface area (TPSA) is 69.7 Å². The molecular weight excluding hydrogens is 284 g/mol. The van der Waals surface area contributed by atoms with Crippen molar-refractivity contribution in [2.45, 2.75) is 40.5 Å². The van der Waals surface area contributed by atoms with E-state index in [2.05, 4.69) is 13.8 Å². The quantitative estimate of drug-likeness (QED) is 0.441. The van der Waals surface area contributed by atoms with E-state index in [1.165, 1.54) is 0 Å². The lowest BCUT2D eigenvalue weighted by Crippen LogP contribution is -2.42. The first-order valence-electron chi connectivity index (χ1n) is 8.12. The van der Waals surface area contributed by atoms with Gasteiger partial charge in [0.2, 0.25) is 0 Å². The van der Waals surface area contributed by atoms with Gasteiger partial charge < -0.3 is 14.3 Å². The van der Waals surface area contributed by atoms with Crippen LogP contribution in [0, 0.1) is 34.0 Å². The average molecular weight is 308 g/mol. The molecule has 4 unspecified atom stereocenters. The van der Waals surface area contributed by atoms with E-state index in [0.717, 1.165) is 6.29 Å². The maximum Gasteiger partial charge on any atom is 0.323 e. The van der Waals surface area contributed by atoms with Crippen molar-refractivity contribution in [2.24, 2.45) is 34.0 Å². The second-order valence-corrected chi connectivity index (χ2v) is 7.53. The Morgan fingerprint density at radius 3 is 2.09 bits per heavy atom. The summed E-state index contributed by atoms with van der Waals surface area (Å²) in [4.78, 5) is 36.5. The summed E-state index contributed by atoms with van der Waals surface area (Å²) in [5.41, 5.74) is -1.41. The summed E-state index contributed by atoms with van der Waals surface area (Å²) in [5, 5.41) is 0. The van der Waals surface area contributed by atoms with Crippen LogP contribution in [-0.4, -0.2) is 31.4 Å². The monoisotopic (exact) mass is 308 g/mol. The van der Waals surface area contributed by atoms with E-state index in [-0.39, 0.29) is 41.8 Å². The zero-order valence-electron chi connectivity index (χ0n) is 13.7. The van der Waals surface area contributed by atoms with Crippen LogP contribution in [0.25, 0.3) is 0 Å². The fourth-order valence-electron chi connectivity index (χ4n) is 5.79. The lowest BCUT2D eigenvalue weighted by atomic mass is 9.57. The van der Waals surface area contributed by atoms with Gasteiger partial charge in [-0.2, -0.15) is 0 Å². The van der Waals surface area contributed by atoms with Gasteiger partial charge in [0, 0.05) is 5.92 Å². The number of hydrogen-bond donors (Lipinski definition) is 0. The predicted octanol–water partition coefficient (Wildman–Crippen LogP) is 1.98. The fraction of sp³-hybridized carbons (Fsp3) is 0.824. The minimum Gasteiger partial charge on any atom is -0.465 e. The molecule has 5 nitrogen and oxygen atoms in total. The van der Waals surface area contributed by atoms with Gasteiger partial charge in [-0.25, -0.2) is 0 Å². The molecule has 22 heavy (non-hydrogen) atoms. The van der Waals surface area contributed by atoms with Crippen molar-refractivity contribution in [1.29, 1.82) is 0 Å². The third-order valence-electron chi connectivity index (χ3n) is 6.44. The van der Waals surface area contributed by atoms with E-state index in [1.54, 1.807) is 13.8 Å². The summed E-state index contributed by atoms with van der Waals surface area (Å²) in [6.45, 7) is 8.21. The van der Waals surface area contributed by atoms with Crippen LogP contribution in [0.1, 0.15) is 40.5 Å². The highest BCUT2D eigenvalue weighted by Gasteiger charge is 2.89.